The Hall–Kier alpha value is -3.25. The molecular weight excluding hydrogens is 344 g/mol. The fraction of sp³-hybridized carbons (Fsp3) is 0.190. The first kappa shape index (κ1) is 17.2. The normalized spacial score (nSPS) is 14.0. The summed E-state index contributed by atoms with van der Waals surface area (Å²) in [5, 5.41) is 14.1. The lowest BCUT2D eigenvalue weighted by Crippen LogP contribution is -2.26. The summed E-state index contributed by atoms with van der Waals surface area (Å²) in [4.78, 5) is 12.0. The van der Waals surface area contributed by atoms with Crippen molar-refractivity contribution in [3.63, 3.8) is 0 Å². The van der Waals surface area contributed by atoms with Crippen LogP contribution in [0.25, 0.3) is 17.0 Å². The summed E-state index contributed by atoms with van der Waals surface area (Å²) in [7, 11) is 1.98. The minimum Gasteiger partial charge on any atom is -0.454 e. The molecule has 0 radical (unpaired) electrons. The fourth-order valence-corrected chi connectivity index (χ4v) is 3.07. The molecule has 4 rings (SSSR count). The zero-order chi connectivity index (χ0) is 18.8. The Balaban J connectivity index is 1.35. The molecule has 1 amide bonds. The number of benzene rings is 2. The van der Waals surface area contributed by atoms with E-state index in [9.17, 15) is 9.90 Å². The standard InChI is InChI=1S/C21H20N2O4/c1-23-9-8-15-11-16(4-5-17(15)23)18(24)12-22-21(25)7-3-14-2-6-19-20(10-14)27-13-26-19/h2-11,18,24H,12-13H2,1H3,(H,22,25)/b7-3+/t18-/m0/s1. The summed E-state index contributed by atoms with van der Waals surface area (Å²) in [5.74, 6) is 1.10. The van der Waals surface area contributed by atoms with E-state index in [1.54, 1.807) is 6.08 Å². The van der Waals surface area contributed by atoms with Crippen molar-refractivity contribution in [2.24, 2.45) is 7.05 Å². The second-order valence-corrected chi connectivity index (χ2v) is 6.45. The lowest BCUT2D eigenvalue weighted by molar-refractivity contribution is -0.116. The number of nitrogens with zero attached hydrogens (tertiary/aromatic N) is 1. The molecule has 1 aromatic heterocycles. The third kappa shape index (κ3) is 3.66. The molecule has 0 unspecified atom stereocenters. The summed E-state index contributed by atoms with van der Waals surface area (Å²) in [6, 6.07) is 13.3. The number of aliphatic hydroxyl groups excluding tert-OH is 1. The minimum absolute atomic E-state index is 0.142. The van der Waals surface area contributed by atoms with Crippen LogP contribution in [0.5, 0.6) is 11.5 Å². The number of aromatic nitrogens is 1. The molecule has 3 aromatic rings. The highest BCUT2D eigenvalue weighted by Gasteiger charge is 2.13. The summed E-state index contributed by atoms with van der Waals surface area (Å²) < 4.78 is 12.6. The van der Waals surface area contributed by atoms with Gasteiger partial charge in [-0.05, 0) is 52.9 Å². The first-order valence-corrected chi connectivity index (χ1v) is 8.69. The number of aryl methyl sites for hydroxylation is 1. The molecule has 138 valence electrons. The van der Waals surface area contributed by atoms with Gasteiger partial charge in [-0.1, -0.05) is 12.1 Å². The smallest absolute Gasteiger partial charge is 0.244 e. The first-order valence-electron chi connectivity index (χ1n) is 8.69. The van der Waals surface area contributed by atoms with Crippen LogP contribution in [0, 0.1) is 0 Å². The highest BCUT2D eigenvalue weighted by molar-refractivity contribution is 5.91. The Kier molecular flexibility index (Phi) is 4.56. The van der Waals surface area contributed by atoms with E-state index in [4.69, 9.17) is 9.47 Å². The molecule has 6 heteroatoms. The maximum absolute atomic E-state index is 12.0. The largest absolute Gasteiger partial charge is 0.454 e. The average Bonchev–Trinajstić information content (AvgIpc) is 3.30. The van der Waals surface area contributed by atoms with Gasteiger partial charge in [0.1, 0.15) is 0 Å². The predicted octanol–water partition coefficient (Wildman–Crippen LogP) is 2.77. The quantitative estimate of drug-likeness (QED) is 0.683. The van der Waals surface area contributed by atoms with Crippen LogP contribution in [0.15, 0.2) is 54.7 Å². The van der Waals surface area contributed by atoms with Gasteiger partial charge in [-0.25, -0.2) is 0 Å². The molecule has 1 aliphatic heterocycles. The number of hydrogen-bond acceptors (Lipinski definition) is 4. The Bertz CT molecular complexity index is 1020. The van der Waals surface area contributed by atoms with Crippen LogP contribution in [0.2, 0.25) is 0 Å². The van der Waals surface area contributed by atoms with Crippen molar-refractivity contribution in [2.75, 3.05) is 13.3 Å². The second kappa shape index (κ2) is 7.17. The van der Waals surface area contributed by atoms with Crippen molar-refractivity contribution in [2.45, 2.75) is 6.10 Å². The van der Waals surface area contributed by atoms with E-state index in [1.807, 2.05) is 60.3 Å². The van der Waals surface area contributed by atoms with E-state index in [0.29, 0.717) is 11.5 Å². The van der Waals surface area contributed by atoms with Crippen molar-refractivity contribution in [3.8, 4) is 11.5 Å². The van der Waals surface area contributed by atoms with Gasteiger partial charge in [0, 0.05) is 31.4 Å². The molecule has 0 spiro atoms. The zero-order valence-corrected chi connectivity index (χ0v) is 14.9. The van der Waals surface area contributed by atoms with E-state index in [1.165, 1.54) is 6.08 Å². The Morgan fingerprint density at radius 3 is 2.96 bits per heavy atom. The minimum atomic E-state index is -0.766. The molecule has 27 heavy (non-hydrogen) atoms. The van der Waals surface area contributed by atoms with Crippen LogP contribution in [-0.4, -0.2) is 28.9 Å². The van der Waals surface area contributed by atoms with Gasteiger partial charge in [0.15, 0.2) is 11.5 Å². The van der Waals surface area contributed by atoms with E-state index >= 15 is 0 Å². The number of carbonyl (C=O) groups is 1. The second-order valence-electron chi connectivity index (χ2n) is 6.45. The summed E-state index contributed by atoms with van der Waals surface area (Å²) in [6.07, 6.45) is 4.34. The maximum Gasteiger partial charge on any atom is 0.244 e. The lowest BCUT2D eigenvalue weighted by Gasteiger charge is -2.12. The van der Waals surface area contributed by atoms with Gasteiger partial charge < -0.3 is 24.5 Å². The number of aliphatic hydroxyl groups is 1. The van der Waals surface area contributed by atoms with E-state index in [2.05, 4.69) is 5.32 Å². The van der Waals surface area contributed by atoms with Crippen LogP contribution in [0.4, 0.5) is 0 Å². The van der Waals surface area contributed by atoms with Gasteiger partial charge in [-0.15, -0.1) is 0 Å². The van der Waals surface area contributed by atoms with Gasteiger partial charge in [-0.2, -0.15) is 0 Å². The topological polar surface area (TPSA) is 72.7 Å². The van der Waals surface area contributed by atoms with Crippen molar-refractivity contribution in [1.29, 1.82) is 0 Å². The van der Waals surface area contributed by atoms with Crippen LogP contribution in [0.3, 0.4) is 0 Å². The number of carbonyl (C=O) groups excluding carboxylic acids is 1. The molecule has 0 bridgehead atoms. The van der Waals surface area contributed by atoms with Gasteiger partial charge in [0.2, 0.25) is 12.7 Å². The summed E-state index contributed by atoms with van der Waals surface area (Å²) in [6.45, 7) is 0.359. The van der Waals surface area contributed by atoms with Crippen LogP contribution >= 0.6 is 0 Å². The average molecular weight is 364 g/mol. The molecule has 0 fully saturated rings. The highest BCUT2D eigenvalue weighted by Crippen LogP contribution is 2.32. The van der Waals surface area contributed by atoms with Gasteiger partial charge in [-0.3, -0.25) is 4.79 Å². The van der Waals surface area contributed by atoms with Crippen LogP contribution in [0.1, 0.15) is 17.2 Å². The van der Waals surface area contributed by atoms with Crippen molar-refractivity contribution < 1.29 is 19.4 Å². The molecule has 6 nitrogen and oxygen atoms in total. The van der Waals surface area contributed by atoms with Crippen molar-refractivity contribution >= 4 is 22.9 Å². The van der Waals surface area contributed by atoms with Crippen LogP contribution in [-0.2, 0) is 11.8 Å². The zero-order valence-electron chi connectivity index (χ0n) is 14.9. The molecule has 2 heterocycles. The number of nitrogens with one attached hydrogen (secondary N) is 1. The van der Waals surface area contributed by atoms with E-state index in [-0.39, 0.29) is 19.2 Å². The number of amides is 1. The van der Waals surface area contributed by atoms with E-state index in [0.717, 1.165) is 22.0 Å². The lowest BCUT2D eigenvalue weighted by atomic mass is 10.1. The molecule has 0 saturated carbocycles. The number of rotatable bonds is 5. The maximum atomic E-state index is 12.0. The predicted molar refractivity (Wildman–Crippen MR) is 102 cm³/mol. The summed E-state index contributed by atoms with van der Waals surface area (Å²) >= 11 is 0. The molecule has 2 N–H and O–H groups in total. The van der Waals surface area contributed by atoms with E-state index < -0.39 is 6.10 Å². The Morgan fingerprint density at radius 2 is 2.07 bits per heavy atom. The number of hydrogen-bond donors (Lipinski definition) is 2. The molecule has 1 aliphatic rings. The van der Waals surface area contributed by atoms with Crippen molar-refractivity contribution in [3.05, 3.63) is 65.9 Å². The third-order valence-electron chi connectivity index (χ3n) is 4.59. The van der Waals surface area contributed by atoms with Gasteiger partial charge in [0.25, 0.3) is 0 Å². The monoisotopic (exact) mass is 364 g/mol. The van der Waals surface area contributed by atoms with Crippen molar-refractivity contribution in [1.82, 2.24) is 9.88 Å². The molecule has 0 aliphatic carbocycles. The molecule has 1 atom stereocenters. The number of fused-ring (bicyclic) bond motifs is 2. The van der Waals surface area contributed by atoms with Gasteiger partial charge >= 0.3 is 0 Å². The van der Waals surface area contributed by atoms with Crippen LogP contribution < -0.4 is 14.8 Å². The molecule has 2 aromatic carbocycles. The fourth-order valence-electron chi connectivity index (χ4n) is 3.07. The molecule has 0 saturated heterocycles. The van der Waals surface area contributed by atoms with Gasteiger partial charge in [0.05, 0.1) is 6.10 Å². The number of ether oxygens (including phenoxy) is 2. The Labute approximate surface area is 156 Å². The SMILES string of the molecule is Cn1ccc2cc([C@@H](O)CNC(=O)/C=C/c3ccc4c(c3)OCO4)ccc21. The third-order valence-corrected chi connectivity index (χ3v) is 4.59. The first-order chi connectivity index (χ1) is 13.1. The highest BCUT2D eigenvalue weighted by atomic mass is 16.7. The molecular formula is C21H20N2O4. The summed E-state index contributed by atoms with van der Waals surface area (Å²) in [5.41, 5.74) is 2.71. The Morgan fingerprint density at radius 1 is 1.22 bits per heavy atom.